The quantitative estimate of drug-likeness (QED) is 0.717. The van der Waals surface area contributed by atoms with Gasteiger partial charge in [-0.1, -0.05) is 23.7 Å². The van der Waals surface area contributed by atoms with E-state index in [1.165, 1.54) is 31.2 Å². The van der Waals surface area contributed by atoms with Crippen molar-refractivity contribution in [3.63, 3.8) is 0 Å². The van der Waals surface area contributed by atoms with Crippen molar-refractivity contribution >= 4 is 17.4 Å². The summed E-state index contributed by atoms with van der Waals surface area (Å²) in [6, 6.07) is 8.29. The Kier molecular flexibility index (Phi) is 4.28. The molecule has 0 amide bonds. The van der Waals surface area contributed by atoms with E-state index in [2.05, 4.69) is 20.1 Å². The van der Waals surface area contributed by atoms with Crippen molar-refractivity contribution in [2.24, 2.45) is 0 Å². The molecule has 0 saturated heterocycles. The van der Waals surface area contributed by atoms with Crippen LogP contribution in [0.15, 0.2) is 30.6 Å². The van der Waals surface area contributed by atoms with E-state index >= 15 is 0 Å². The van der Waals surface area contributed by atoms with Crippen molar-refractivity contribution in [2.45, 2.75) is 51.1 Å². The van der Waals surface area contributed by atoms with E-state index in [4.69, 9.17) is 21.6 Å². The molecule has 2 aromatic heterocycles. The second-order valence-electron chi connectivity index (χ2n) is 7.28. The molecule has 0 radical (unpaired) electrons. The fourth-order valence-electron chi connectivity index (χ4n) is 3.71. The van der Waals surface area contributed by atoms with Crippen molar-refractivity contribution in [2.75, 3.05) is 5.32 Å². The maximum Gasteiger partial charge on any atom is 0.161 e. The number of anilines is 1. The van der Waals surface area contributed by atoms with E-state index in [0.717, 1.165) is 41.6 Å². The van der Waals surface area contributed by atoms with Gasteiger partial charge in [0.15, 0.2) is 11.6 Å². The third-order valence-corrected chi connectivity index (χ3v) is 5.50. The van der Waals surface area contributed by atoms with Crippen LogP contribution >= 0.6 is 11.6 Å². The van der Waals surface area contributed by atoms with E-state index < -0.39 is 0 Å². The van der Waals surface area contributed by atoms with Gasteiger partial charge in [0.2, 0.25) is 0 Å². The van der Waals surface area contributed by atoms with Crippen molar-refractivity contribution in [1.82, 2.24) is 24.7 Å². The molecule has 3 aromatic rings. The van der Waals surface area contributed by atoms with Gasteiger partial charge in [-0.25, -0.2) is 9.97 Å². The van der Waals surface area contributed by atoms with Gasteiger partial charge < -0.3 is 9.88 Å². The van der Waals surface area contributed by atoms with Gasteiger partial charge in [-0.3, -0.25) is 0 Å². The Morgan fingerprint density at radius 1 is 1.15 bits per heavy atom. The lowest BCUT2D eigenvalue weighted by atomic mass is 9.96. The zero-order valence-electron chi connectivity index (χ0n) is 15.0. The first-order valence-electron chi connectivity index (χ1n) is 9.56. The van der Waals surface area contributed by atoms with Crippen molar-refractivity contribution in [3.05, 3.63) is 52.7 Å². The molecule has 27 heavy (non-hydrogen) atoms. The first-order chi connectivity index (χ1) is 13.3. The number of hydrogen-bond acceptors (Lipinski definition) is 5. The molecule has 7 heteroatoms. The molecule has 5 rings (SSSR count). The maximum absolute atomic E-state index is 6.17. The molecule has 1 fully saturated rings. The van der Waals surface area contributed by atoms with Crippen LogP contribution in [0.3, 0.4) is 0 Å². The molecular formula is C20H21ClN6. The third kappa shape index (κ3) is 3.41. The van der Waals surface area contributed by atoms with Crippen molar-refractivity contribution < 1.29 is 0 Å². The molecule has 2 aliphatic rings. The van der Waals surface area contributed by atoms with Crippen LogP contribution in [0.25, 0.3) is 11.4 Å². The number of aromatic nitrogens is 5. The first-order valence-corrected chi connectivity index (χ1v) is 9.94. The van der Waals surface area contributed by atoms with E-state index in [0.29, 0.717) is 17.6 Å². The summed E-state index contributed by atoms with van der Waals surface area (Å²) < 4.78 is 2.18. The zero-order valence-corrected chi connectivity index (χ0v) is 15.8. The highest BCUT2D eigenvalue weighted by Gasteiger charge is 2.26. The molecule has 1 N–H and O–H groups in total. The number of halogens is 1. The minimum absolute atomic E-state index is 0.568. The summed E-state index contributed by atoms with van der Waals surface area (Å²) in [6.07, 6.45) is 8.64. The monoisotopic (exact) mass is 380 g/mol. The molecule has 0 aliphatic heterocycles. The van der Waals surface area contributed by atoms with Gasteiger partial charge in [0, 0.05) is 27.9 Å². The van der Waals surface area contributed by atoms with Gasteiger partial charge in [0.1, 0.15) is 12.1 Å². The van der Waals surface area contributed by atoms with E-state index in [9.17, 15) is 0 Å². The molecule has 0 unspecified atom stereocenters. The summed E-state index contributed by atoms with van der Waals surface area (Å²) in [4.78, 5) is 9.69. The number of benzene rings is 1. The van der Waals surface area contributed by atoms with Gasteiger partial charge in [0.05, 0.1) is 6.54 Å². The van der Waals surface area contributed by atoms with Gasteiger partial charge >= 0.3 is 0 Å². The summed E-state index contributed by atoms with van der Waals surface area (Å²) in [5.74, 6) is 2.61. The minimum Gasteiger partial charge on any atom is -0.362 e. The van der Waals surface area contributed by atoms with Crippen LogP contribution in [-0.2, 0) is 19.4 Å². The summed E-state index contributed by atoms with van der Waals surface area (Å²) in [7, 11) is 0. The van der Waals surface area contributed by atoms with Gasteiger partial charge in [0.25, 0.3) is 0 Å². The Labute approximate surface area is 163 Å². The Morgan fingerprint density at radius 3 is 2.89 bits per heavy atom. The Balaban J connectivity index is 1.48. The lowest BCUT2D eigenvalue weighted by Gasteiger charge is -2.20. The fourth-order valence-corrected chi connectivity index (χ4v) is 3.90. The predicted octanol–water partition coefficient (Wildman–Crippen LogP) is 4.21. The van der Waals surface area contributed by atoms with Crippen molar-refractivity contribution in [1.29, 1.82) is 0 Å². The SMILES string of the molecule is Clc1cccc(-c2nc3c(c(NCc4nncn4C4CC4)n2)CCCC3)c1. The highest BCUT2D eigenvalue weighted by Crippen LogP contribution is 2.35. The van der Waals surface area contributed by atoms with E-state index in [1.807, 2.05) is 30.6 Å². The highest BCUT2D eigenvalue weighted by atomic mass is 35.5. The molecule has 0 atom stereocenters. The van der Waals surface area contributed by atoms with Crippen LogP contribution < -0.4 is 5.32 Å². The average molecular weight is 381 g/mol. The smallest absolute Gasteiger partial charge is 0.161 e. The molecule has 2 heterocycles. The number of aryl methyl sites for hydroxylation is 1. The Morgan fingerprint density at radius 2 is 2.04 bits per heavy atom. The van der Waals surface area contributed by atoms with Gasteiger partial charge in [-0.2, -0.15) is 0 Å². The van der Waals surface area contributed by atoms with Crippen LogP contribution in [0.5, 0.6) is 0 Å². The molecular weight excluding hydrogens is 360 g/mol. The second kappa shape index (κ2) is 6.93. The van der Waals surface area contributed by atoms with Crippen LogP contribution in [0.1, 0.15) is 48.8 Å². The summed E-state index contributed by atoms with van der Waals surface area (Å²) >= 11 is 6.17. The van der Waals surface area contributed by atoms with Gasteiger partial charge in [-0.05, 0) is 50.7 Å². The number of hydrogen-bond donors (Lipinski definition) is 1. The lowest BCUT2D eigenvalue weighted by Crippen LogP contribution is -2.15. The largest absolute Gasteiger partial charge is 0.362 e. The zero-order chi connectivity index (χ0) is 18.2. The van der Waals surface area contributed by atoms with E-state index in [1.54, 1.807) is 0 Å². The average Bonchev–Trinajstić information content (AvgIpc) is 3.43. The predicted molar refractivity (Wildman–Crippen MR) is 105 cm³/mol. The topological polar surface area (TPSA) is 68.5 Å². The highest BCUT2D eigenvalue weighted by molar-refractivity contribution is 6.30. The molecule has 2 aliphatic carbocycles. The lowest BCUT2D eigenvalue weighted by molar-refractivity contribution is 0.661. The molecule has 1 saturated carbocycles. The molecule has 0 bridgehead atoms. The number of nitrogens with one attached hydrogen (secondary N) is 1. The molecule has 0 spiro atoms. The van der Waals surface area contributed by atoms with Crippen LogP contribution in [0, 0.1) is 0 Å². The summed E-state index contributed by atoms with van der Waals surface area (Å²) in [5, 5.41) is 12.6. The Bertz CT molecular complexity index is 978. The summed E-state index contributed by atoms with van der Waals surface area (Å²) in [5.41, 5.74) is 3.34. The summed E-state index contributed by atoms with van der Waals surface area (Å²) in [6.45, 7) is 0.620. The van der Waals surface area contributed by atoms with Crippen LogP contribution in [-0.4, -0.2) is 24.7 Å². The number of nitrogens with zero attached hydrogens (tertiary/aromatic N) is 5. The van der Waals surface area contributed by atoms with E-state index in [-0.39, 0.29) is 0 Å². The standard InChI is InChI=1S/C20H21ClN6/c21-14-5-3-4-13(10-14)19-24-17-7-2-1-6-16(17)20(25-19)22-11-18-26-23-12-27(18)15-8-9-15/h3-5,10,12,15H,1-2,6-9,11H2,(H,22,24,25). The van der Waals surface area contributed by atoms with Crippen LogP contribution in [0.2, 0.25) is 5.02 Å². The molecule has 1 aromatic carbocycles. The fraction of sp³-hybridized carbons (Fsp3) is 0.400. The molecule has 138 valence electrons. The number of rotatable bonds is 5. The second-order valence-corrected chi connectivity index (χ2v) is 7.71. The minimum atomic E-state index is 0.568. The first kappa shape index (κ1) is 16.7. The Hall–Kier alpha value is -2.47. The maximum atomic E-state index is 6.17. The van der Waals surface area contributed by atoms with Crippen molar-refractivity contribution in [3.8, 4) is 11.4 Å². The third-order valence-electron chi connectivity index (χ3n) is 5.27. The van der Waals surface area contributed by atoms with Crippen LogP contribution in [0.4, 0.5) is 5.82 Å². The molecule has 6 nitrogen and oxygen atoms in total. The van der Waals surface area contributed by atoms with Gasteiger partial charge in [-0.15, -0.1) is 10.2 Å². The number of fused-ring (bicyclic) bond motifs is 1. The normalized spacial score (nSPS) is 16.2.